The normalized spacial score (nSPS) is 20.7. The zero-order valence-corrected chi connectivity index (χ0v) is 9.61. The Hall–Kier alpha value is -1.35. The minimum absolute atomic E-state index is 0.658. The Bertz CT molecular complexity index is 495. The van der Waals surface area contributed by atoms with Crippen LogP contribution in [-0.2, 0) is 13.5 Å². The van der Waals surface area contributed by atoms with Crippen molar-refractivity contribution in [2.75, 3.05) is 6.54 Å². The number of rotatable bonds is 2. The predicted molar refractivity (Wildman–Crippen MR) is 65.4 cm³/mol. The third-order valence-corrected chi connectivity index (χ3v) is 3.50. The molecular weight excluding hydrogens is 198 g/mol. The molecule has 0 radical (unpaired) electrons. The number of fused-ring (bicyclic) bond motifs is 1. The van der Waals surface area contributed by atoms with Crippen LogP contribution < -0.4 is 5.32 Å². The smallest absolute Gasteiger partial charge is 0.0511 e. The molecule has 3 heterocycles. The second kappa shape index (κ2) is 3.91. The predicted octanol–water partition coefficient (Wildman–Crippen LogP) is 1.87. The molecule has 0 aliphatic carbocycles. The van der Waals surface area contributed by atoms with Crippen molar-refractivity contribution in [1.29, 1.82) is 0 Å². The van der Waals surface area contributed by atoms with Gasteiger partial charge in [-0.05, 0) is 37.4 Å². The summed E-state index contributed by atoms with van der Waals surface area (Å²) in [5, 5.41) is 4.85. The van der Waals surface area contributed by atoms with E-state index in [4.69, 9.17) is 0 Å². The van der Waals surface area contributed by atoms with E-state index in [-0.39, 0.29) is 0 Å². The maximum absolute atomic E-state index is 4.23. The largest absolute Gasteiger partial charge is 0.350 e. The lowest BCUT2D eigenvalue weighted by atomic mass is 10.1. The molecule has 0 bridgehead atoms. The number of aromatic nitrogens is 2. The summed E-state index contributed by atoms with van der Waals surface area (Å²) in [4.78, 5) is 4.23. The topological polar surface area (TPSA) is 29.9 Å². The molecule has 16 heavy (non-hydrogen) atoms. The third-order valence-electron chi connectivity index (χ3n) is 3.50. The molecule has 1 atom stereocenters. The Labute approximate surface area is 95.5 Å². The van der Waals surface area contributed by atoms with Crippen molar-refractivity contribution >= 4 is 10.9 Å². The fourth-order valence-corrected chi connectivity index (χ4v) is 2.67. The van der Waals surface area contributed by atoms with Crippen LogP contribution in [0.5, 0.6) is 0 Å². The van der Waals surface area contributed by atoms with Crippen molar-refractivity contribution in [3.63, 3.8) is 0 Å². The molecule has 2 aromatic heterocycles. The van der Waals surface area contributed by atoms with E-state index in [9.17, 15) is 0 Å². The molecule has 1 N–H and O–H groups in total. The fourth-order valence-electron chi connectivity index (χ4n) is 2.67. The van der Waals surface area contributed by atoms with Crippen LogP contribution >= 0.6 is 0 Å². The quantitative estimate of drug-likeness (QED) is 0.828. The lowest BCUT2D eigenvalue weighted by Crippen LogP contribution is -2.23. The van der Waals surface area contributed by atoms with Crippen molar-refractivity contribution in [2.24, 2.45) is 7.05 Å². The summed E-state index contributed by atoms with van der Waals surface area (Å²) in [6, 6.07) is 2.74. The highest BCUT2D eigenvalue weighted by Gasteiger charge is 2.16. The maximum atomic E-state index is 4.23. The second-order valence-electron chi connectivity index (χ2n) is 4.66. The monoisotopic (exact) mass is 215 g/mol. The Morgan fingerprint density at radius 1 is 1.56 bits per heavy atom. The van der Waals surface area contributed by atoms with Crippen molar-refractivity contribution in [3.8, 4) is 0 Å². The third kappa shape index (κ3) is 1.61. The summed E-state index contributed by atoms with van der Waals surface area (Å²) in [7, 11) is 2.11. The fraction of sp³-hybridized carbons (Fsp3) is 0.462. The molecule has 0 aromatic carbocycles. The molecule has 1 aliphatic rings. The van der Waals surface area contributed by atoms with E-state index >= 15 is 0 Å². The van der Waals surface area contributed by atoms with Crippen LogP contribution in [0.25, 0.3) is 10.9 Å². The molecule has 0 saturated carbocycles. The van der Waals surface area contributed by atoms with Gasteiger partial charge in [-0.3, -0.25) is 4.98 Å². The van der Waals surface area contributed by atoms with Crippen LogP contribution in [0, 0.1) is 0 Å². The molecule has 1 saturated heterocycles. The molecule has 1 unspecified atom stereocenters. The van der Waals surface area contributed by atoms with Crippen LogP contribution in [-0.4, -0.2) is 22.1 Å². The number of nitrogens with one attached hydrogen (secondary N) is 1. The van der Waals surface area contributed by atoms with Crippen molar-refractivity contribution in [3.05, 3.63) is 30.2 Å². The molecule has 1 fully saturated rings. The highest BCUT2D eigenvalue weighted by atomic mass is 14.9. The van der Waals surface area contributed by atoms with Gasteiger partial charge in [0.05, 0.1) is 5.52 Å². The number of hydrogen-bond donors (Lipinski definition) is 1. The second-order valence-corrected chi connectivity index (χ2v) is 4.66. The van der Waals surface area contributed by atoms with Crippen molar-refractivity contribution in [1.82, 2.24) is 14.9 Å². The summed E-state index contributed by atoms with van der Waals surface area (Å²) in [6.45, 7) is 1.17. The average molecular weight is 215 g/mol. The Morgan fingerprint density at radius 3 is 3.31 bits per heavy atom. The van der Waals surface area contributed by atoms with Crippen LogP contribution in [0.1, 0.15) is 18.4 Å². The van der Waals surface area contributed by atoms with E-state index < -0.39 is 0 Å². The van der Waals surface area contributed by atoms with Gasteiger partial charge < -0.3 is 9.88 Å². The van der Waals surface area contributed by atoms with E-state index in [1.54, 1.807) is 0 Å². The molecule has 1 aliphatic heterocycles. The SMILES string of the molecule is Cn1cc(CC2CCCN2)c2cnccc21. The van der Waals surface area contributed by atoms with E-state index in [1.165, 1.54) is 35.9 Å². The molecule has 0 spiro atoms. The zero-order valence-electron chi connectivity index (χ0n) is 9.61. The van der Waals surface area contributed by atoms with Gasteiger partial charge in [0.1, 0.15) is 0 Å². The van der Waals surface area contributed by atoms with E-state index in [2.05, 4.69) is 34.2 Å². The molecule has 3 heteroatoms. The van der Waals surface area contributed by atoms with E-state index in [0.29, 0.717) is 6.04 Å². The highest BCUT2D eigenvalue weighted by Crippen LogP contribution is 2.22. The van der Waals surface area contributed by atoms with Crippen LogP contribution in [0.4, 0.5) is 0 Å². The Morgan fingerprint density at radius 2 is 2.50 bits per heavy atom. The first kappa shape index (κ1) is 9.85. The van der Waals surface area contributed by atoms with Crippen molar-refractivity contribution in [2.45, 2.75) is 25.3 Å². The van der Waals surface area contributed by atoms with Crippen molar-refractivity contribution < 1.29 is 0 Å². The van der Waals surface area contributed by atoms with Crippen LogP contribution in [0.3, 0.4) is 0 Å². The van der Waals surface area contributed by atoms with E-state index in [1.807, 2.05) is 12.4 Å². The molecule has 3 nitrogen and oxygen atoms in total. The Kier molecular flexibility index (Phi) is 2.40. The van der Waals surface area contributed by atoms with Gasteiger partial charge in [-0.1, -0.05) is 0 Å². The molecule has 3 rings (SSSR count). The first-order valence-electron chi connectivity index (χ1n) is 5.96. The first-order chi connectivity index (χ1) is 7.84. The van der Waals surface area contributed by atoms with Gasteiger partial charge in [-0.15, -0.1) is 0 Å². The standard InChI is InChI=1S/C13H17N3/c1-16-9-10(7-11-3-2-5-15-11)12-8-14-6-4-13(12)16/h4,6,8-9,11,15H,2-3,5,7H2,1H3. The molecule has 0 amide bonds. The molecule has 2 aromatic rings. The summed E-state index contributed by atoms with van der Waals surface area (Å²) in [6.07, 6.45) is 9.83. The lowest BCUT2D eigenvalue weighted by Gasteiger charge is -2.08. The number of pyridine rings is 1. The Balaban J connectivity index is 1.96. The van der Waals surface area contributed by atoms with Gasteiger partial charge in [0.15, 0.2) is 0 Å². The highest BCUT2D eigenvalue weighted by molar-refractivity contribution is 5.82. The summed E-state index contributed by atoms with van der Waals surface area (Å²) in [5.41, 5.74) is 2.70. The van der Waals surface area contributed by atoms with Gasteiger partial charge in [0.25, 0.3) is 0 Å². The van der Waals surface area contributed by atoms with Gasteiger partial charge in [-0.25, -0.2) is 0 Å². The van der Waals surface area contributed by atoms with Gasteiger partial charge in [-0.2, -0.15) is 0 Å². The average Bonchev–Trinajstić information content (AvgIpc) is 2.90. The van der Waals surface area contributed by atoms with Gasteiger partial charge in [0.2, 0.25) is 0 Å². The summed E-state index contributed by atoms with van der Waals surface area (Å²) >= 11 is 0. The minimum atomic E-state index is 0.658. The minimum Gasteiger partial charge on any atom is -0.350 e. The maximum Gasteiger partial charge on any atom is 0.0511 e. The zero-order chi connectivity index (χ0) is 11.0. The van der Waals surface area contributed by atoms with Gasteiger partial charge in [0, 0.05) is 37.1 Å². The summed E-state index contributed by atoms with van der Waals surface area (Å²) < 4.78 is 2.20. The number of nitrogens with zero attached hydrogens (tertiary/aromatic N) is 2. The number of hydrogen-bond acceptors (Lipinski definition) is 2. The van der Waals surface area contributed by atoms with Crippen LogP contribution in [0.15, 0.2) is 24.7 Å². The van der Waals surface area contributed by atoms with Gasteiger partial charge >= 0.3 is 0 Å². The first-order valence-corrected chi connectivity index (χ1v) is 5.96. The van der Waals surface area contributed by atoms with E-state index in [0.717, 1.165) is 6.42 Å². The summed E-state index contributed by atoms with van der Waals surface area (Å²) in [5.74, 6) is 0. The van der Waals surface area contributed by atoms with Crippen LogP contribution in [0.2, 0.25) is 0 Å². The lowest BCUT2D eigenvalue weighted by molar-refractivity contribution is 0.604. The molecule has 84 valence electrons. The number of aryl methyl sites for hydroxylation is 1. The molecular formula is C13H17N3.